The Hall–Kier alpha value is -2.81. The first-order valence-corrected chi connectivity index (χ1v) is 9.08. The standard InChI is InChI=1S/C10H18N2O2.C7H5NO4.C2H6/c1-10(2,6-7-11-3)12-8(13)4-5-9(12)14;9-5-12-7-3-1-6(2-4-7)8(10)11;1-2/h11H,4-7H2,1-3H3;1-5H;1-2H3. The number of amides is 2. The van der Waals surface area contributed by atoms with Crippen molar-refractivity contribution in [3.05, 3.63) is 34.4 Å². The molecule has 0 radical (unpaired) electrons. The minimum absolute atomic E-state index is 0.0314. The minimum Gasteiger partial charge on any atom is -0.429 e. The number of carbonyl (C=O) groups is 3. The molecule has 1 fully saturated rings. The average Bonchev–Trinajstić information content (AvgIpc) is 3.02. The number of nitro benzene ring substituents is 1. The molecule has 0 atom stereocenters. The van der Waals surface area contributed by atoms with Crippen molar-refractivity contribution in [2.45, 2.75) is 52.5 Å². The number of nitrogens with zero attached hydrogens (tertiary/aromatic N) is 2. The van der Waals surface area contributed by atoms with Crippen LogP contribution in [-0.4, -0.2) is 47.2 Å². The van der Waals surface area contributed by atoms with Crippen LogP contribution in [0.5, 0.6) is 5.75 Å². The number of rotatable bonds is 7. The van der Waals surface area contributed by atoms with Gasteiger partial charge in [0, 0.05) is 30.5 Å². The summed E-state index contributed by atoms with van der Waals surface area (Å²) in [5.41, 5.74) is -0.388. The number of hydrogen-bond acceptors (Lipinski definition) is 7. The monoisotopic (exact) mass is 395 g/mol. The highest BCUT2D eigenvalue weighted by Gasteiger charge is 2.39. The van der Waals surface area contributed by atoms with Gasteiger partial charge in [-0.2, -0.15) is 0 Å². The van der Waals surface area contributed by atoms with Crippen molar-refractivity contribution in [2.24, 2.45) is 0 Å². The first kappa shape index (κ1) is 25.2. The van der Waals surface area contributed by atoms with Crippen molar-refractivity contribution >= 4 is 24.0 Å². The van der Waals surface area contributed by atoms with Gasteiger partial charge in [0.05, 0.1) is 4.92 Å². The van der Waals surface area contributed by atoms with E-state index in [-0.39, 0.29) is 35.3 Å². The number of ether oxygens (including phenoxy) is 1. The fraction of sp³-hybridized carbons (Fsp3) is 0.526. The van der Waals surface area contributed by atoms with E-state index < -0.39 is 4.92 Å². The number of non-ortho nitro benzene ring substituents is 1. The molecule has 28 heavy (non-hydrogen) atoms. The fourth-order valence-electron chi connectivity index (χ4n) is 2.50. The van der Waals surface area contributed by atoms with E-state index in [1.54, 1.807) is 0 Å². The van der Waals surface area contributed by atoms with E-state index in [0.29, 0.717) is 12.8 Å². The predicted octanol–water partition coefficient (Wildman–Crippen LogP) is 2.68. The van der Waals surface area contributed by atoms with Crippen LogP contribution in [-0.2, 0) is 14.4 Å². The summed E-state index contributed by atoms with van der Waals surface area (Å²) in [6.07, 6.45) is 1.55. The van der Waals surface area contributed by atoms with Crippen LogP contribution in [0.3, 0.4) is 0 Å². The Bertz CT molecular complexity index is 642. The Labute approximate surface area is 165 Å². The van der Waals surface area contributed by atoms with Gasteiger partial charge in [-0.25, -0.2) is 0 Å². The molecular weight excluding hydrogens is 366 g/mol. The van der Waals surface area contributed by atoms with E-state index in [4.69, 9.17) is 0 Å². The minimum atomic E-state index is -0.523. The smallest absolute Gasteiger partial charge is 0.298 e. The van der Waals surface area contributed by atoms with Crippen molar-refractivity contribution < 1.29 is 24.0 Å². The van der Waals surface area contributed by atoms with Crippen molar-refractivity contribution in [1.82, 2.24) is 10.2 Å². The second-order valence-electron chi connectivity index (χ2n) is 6.25. The zero-order chi connectivity index (χ0) is 21.7. The summed E-state index contributed by atoms with van der Waals surface area (Å²) in [6.45, 7) is 8.95. The predicted molar refractivity (Wildman–Crippen MR) is 105 cm³/mol. The largest absolute Gasteiger partial charge is 0.429 e. The molecule has 1 saturated heterocycles. The molecule has 2 amide bonds. The van der Waals surface area contributed by atoms with Crippen LogP contribution in [0.15, 0.2) is 24.3 Å². The summed E-state index contributed by atoms with van der Waals surface area (Å²) < 4.78 is 4.44. The normalized spacial score (nSPS) is 13.1. The van der Waals surface area contributed by atoms with E-state index in [2.05, 4.69) is 10.1 Å². The van der Waals surface area contributed by atoms with Crippen LogP contribution in [0.2, 0.25) is 0 Å². The van der Waals surface area contributed by atoms with Crippen molar-refractivity contribution in [1.29, 1.82) is 0 Å². The van der Waals surface area contributed by atoms with E-state index in [9.17, 15) is 24.5 Å². The Morgan fingerprint density at radius 3 is 2.07 bits per heavy atom. The van der Waals surface area contributed by atoms with Crippen molar-refractivity contribution in [2.75, 3.05) is 13.6 Å². The zero-order valence-corrected chi connectivity index (χ0v) is 17.1. The van der Waals surface area contributed by atoms with Crippen LogP contribution in [0.25, 0.3) is 0 Å². The van der Waals surface area contributed by atoms with E-state index >= 15 is 0 Å². The second kappa shape index (κ2) is 12.6. The Kier molecular flexibility index (Phi) is 11.3. The maximum atomic E-state index is 11.5. The first-order chi connectivity index (χ1) is 13.2. The van der Waals surface area contributed by atoms with Gasteiger partial charge in [0.25, 0.3) is 12.2 Å². The summed E-state index contributed by atoms with van der Waals surface area (Å²) >= 11 is 0. The molecule has 0 bridgehead atoms. The molecule has 9 heteroatoms. The molecule has 0 aromatic heterocycles. The lowest BCUT2D eigenvalue weighted by Gasteiger charge is -2.33. The first-order valence-electron chi connectivity index (χ1n) is 9.08. The Morgan fingerprint density at radius 2 is 1.68 bits per heavy atom. The number of nitrogens with one attached hydrogen (secondary N) is 1. The molecule has 1 N–H and O–H groups in total. The highest BCUT2D eigenvalue weighted by Crippen LogP contribution is 2.25. The van der Waals surface area contributed by atoms with Gasteiger partial charge in [0.1, 0.15) is 5.75 Å². The number of benzene rings is 1. The maximum Gasteiger partial charge on any atom is 0.298 e. The summed E-state index contributed by atoms with van der Waals surface area (Å²) in [7, 11) is 1.86. The lowest BCUT2D eigenvalue weighted by molar-refractivity contribution is -0.384. The topological polar surface area (TPSA) is 119 Å². The number of hydrogen-bond donors (Lipinski definition) is 1. The third kappa shape index (κ3) is 7.83. The fourth-order valence-corrected chi connectivity index (χ4v) is 2.50. The number of carbonyl (C=O) groups excluding carboxylic acids is 3. The molecule has 2 rings (SSSR count). The van der Waals surface area contributed by atoms with Crippen LogP contribution in [0.4, 0.5) is 5.69 Å². The molecule has 0 spiro atoms. The summed E-state index contributed by atoms with van der Waals surface area (Å²) in [5.74, 6) is 0.225. The molecule has 1 aliphatic heterocycles. The zero-order valence-electron chi connectivity index (χ0n) is 17.1. The van der Waals surface area contributed by atoms with Gasteiger partial charge in [0.2, 0.25) is 11.8 Å². The Balaban J connectivity index is 0.000000483. The molecule has 1 heterocycles. The van der Waals surface area contributed by atoms with Gasteiger partial charge in [-0.3, -0.25) is 29.4 Å². The van der Waals surface area contributed by atoms with Crippen molar-refractivity contribution in [3.8, 4) is 5.75 Å². The molecule has 1 aliphatic rings. The SMILES string of the molecule is CC.CNCCC(C)(C)N1C(=O)CCC1=O.O=COc1ccc([N+](=O)[O-])cc1. The maximum absolute atomic E-state index is 11.5. The molecule has 1 aromatic rings. The number of likely N-dealkylation sites (tertiary alicyclic amines) is 1. The lowest BCUT2D eigenvalue weighted by atomic mass is 9.98. The van der Waals surface area contributed by atoms with Gasteiger partial charge in [-0.1, -0.05) is 13.8 Å². The molecule has 0 aliphatic carbocycles. The van der Waals surface area contributed by atoms with Gasteiger partial charge in [-0.05, 0) is 46.0 Å². The van der Waals surface area contributed by atoms with E-state index in [1.165, 1.54) is 29.2 Å². The third-order valence-corrected chi connectivity index (χ3v) is 3.88. The summed E-state index contributed by atoms with van der Waals surface area (Å²) in [4.78, 5) is 43.9. The van der Waals surface area contributed by atoms with Gasteiger partial charge < -0.3 is 10.1 Å². The number of nitro groups is 1. The highest BCUT2D eigenvalue weighted by molar-refractivity contribution is 6.02. The van der Waals surface area contributed by atoms with Crippen LogP contribution >= 0.6 is 0 Å². The second-order valence-corrected chi connectivity index (χ2v) is 6.25. The molecule has 1 aromatic carbocycles. The van der Waals surface area contributed by atoms with E-state index in [1.807, 2.05) is 34.7 Å². The quantitative estimate of drug-likeness (QED) is 0.326. The molecular formula is C19H29N3O6. The highest BCUT2D eigenvalue weighted by atomic mass is 16.6. The average molecular weight is 395 g/mol. The van der Waals surface area contributed by atoms with Crippen LogP contribution < -0.4 is 10.1 Å². The molecule has 0 saturated carbocycles. The molecule has 0 unspecified atom stereocenters. The number of imide groups is 1. The van der Waals surface area contributed by atoms with Gasteiger partial charge in [-0.15, -0.1) is 0 Å². The molecule has 156 valence electrons. The van der Waals surface area contributed by atoms with Crippen molar-refractivity contribution in [3.63, 3.8) is 0 Å². The van der Waals surface area contributed by atoms with Gasteiger partial charge >= 0.3 is 0 Å². The summed E-state index contributed by atoms with van der Waals surface area (Å²) in [5, 5.41) is 13.2. The van der Waals surface area contributed by atoms with Gasteiger partial charge in [0.15, 0.2) is 0 Å². The van der Waals surface area contributed by atoms with Crippen LogP contribution in [0.1, 0.15) is 47.0 Å². The van der Waals surface area contributed by atoms with E-state index in [0.717, 1.165) is 13.0 Å². The third-order valence-electron chi connectivity index (χ3n) is 3.88. The molecule has 9 nitrogen and oxygen atoms in total. The van der Waals surface area contributed by atoms with Crippen LogP contribution in [0, 0.1) is 10.1 Å². The lowest BCUT2D eigenvalue weighted by Crippen LogP contribution is -2.48. The Morgan fingerprint density at radius 1 is 1.18 bits per heavy atom. The summed E-state index contributed by atoms with van der Waals surface area (Å²) in [6, 6.07) is 5.23.